The summed E-state index contributed by atoms with van der Waals surface area (Å²) in [5.74, 6) is 0.725. The molecule has 340 valence electrons. The maximum Gasteiger partial charge on any atom is 0.160 e. The molecule has 14 aromatic rings. The van der Waals surface area contributed by atoms with Crippen molar-refractivity contribution < 1.29 is 0 Å². The summed E-state index contributed by atoms with van der Waals surface area (Å²) in [5.41, 5.74) is 21.3. The third kappa shape index (κ3) is 6.69. The molecule has 4 aromatic heterocycles. The standard InChI is InChI=1S/C67H47N5/c1-42-14-12-16-47(36-42)59-41-60(69-67(68-59)48-17-13-15-43(2)37-48)52-33-28-46(38-44(52)3)45-26-29-49(30-27-45)70-65-34-31-50(71-61-22-8-4-18-53(61)54-19-5-9-23-62(54)71)39-57(65)58-40-51(32-35-66(58)70)72-63-24-10-6-20-55(63)56-21-7-11-25-64(56)72/h4-41H,1-3H3. The van der Waals surface area contributed by atoms with E-state index in [4.69, 9.17) is 9.97 Å². The highest BCUT2D eigenvalue weighted by Crippen LogP contribution is 2.40. The van der Waals surface area contributed by atoms with Crippen LogP contribution in [-0.4, -0.2) is 23.7 Å². The second-order valence-electron chi connectivity index (χ2n) is 19.3. The molecule has 0 atom stereocenters. The van der Waals surface area contributed by atoms with Crippen molar-refractivity contribution in [3.8, 4) is 62.1 Å². The van der Waals surface area contributed by atoms with Crippen LogP contribution in [0.3, 0.4) is 0 Å². The number of nitrogens with zero attached hydrogens (tertiary/aromatic N) is 5. The first-order valence-corrected chi connectivity index (χ1v) is 24.7. The number of para-hydroxylation sites is 4. The van der Waals surface area contributed by atoms with Crippen LogP contribution in [0.2, 0.25) is 0 Å². The molecule has 14 rings (SSSR count). The molecule has 0 unspecified atom stereocenters. The van der Waals surface area contributed by atoms with Gasteiger partial charge in [-0.25, -0.2) is 9.97 Å². The molecule has 5 heteroatoms. The molecular formula is C67H47N5. The lowest BCUT2D eigenvalue weighted by atomic mass is 9.97. The highest BCUT2D eigenvalue weighted by Gasteiger charge is 2.20. The van der Waals surface area contributed by atoms with E-state index < -0.39 is 0 Å². The summed E-state index contributed by atoms with van der Waals surface area (Å²) in [4.78, 5) is 10.3. The maximum absolute atomic E-state index is 5.19. The Hall–Kier alpha value is -9.32. The molecule has 0 aliphatic carbocycles. The highest BCUT2D eigenvalue weighted by molar-refractivity contribution is 6.14. The topological polar surface area (TPSA) is 40.6 Å². The first kappa shape index (κ1) is 41.6. The Morgan fingerprint density at radius 1 is 0.278 bits per heavy atom. The fourth-order valence-electron chi connectivity index (χ4n) is 11.3. The molecule has 0 saturated carbocycles. The number of fused-ring (bicyclic) bond motifs is 9. The smallest absolute Gasteiger partial charge is 0.160 e. The van der Waals surface area contributed by atoms with Crippen molar-refractivity contribution in [2.24, 2.45) is 0 Å². The van der Waals surface area contributed by atoms with Crippen LogP contribution in [0.1, 0.15) is 16.7 Å². The number of hydrogen-bond donors (Lipinski definition) is 0. The molecule has 0 aliphatic rings. The van der Waals surface area contributed by atoms with Crippen LogP contribution >= 0.6 is 0 Å². The van der Waals surface area contributed by atoms with Crippen molar-refractivity contribution in [1.82, 2.24) is 23.7 Å². The number of aromatic nitrogens is 5. The van der Waals surface area contributed by atoms with Gasteiger partial charge in [0.05, 0.1) is 44.5 Å². The Balaban J connectivity index is 0.895. The van der Waals surface area contributed by atoms with Crippen LogP contribution in [0.15, 0.2) is 231 Å². The highest BCUT2D eigenvalue weighted by atomic mass is 15.0. The predicted molar refractivity (Wildman–Crippen MR) is 301 cm³/mol. The van der Waals surface area contributed by atoms with Gasteiger partial charge in [0.15, 0.2) is 5.82 Å². The lowest BCUT2D eigenvalue weighted by Gasteiger charge is -2.14. The molecule has 0 aliphatic heterocycles. The van der Waals surface area contributed by atoms with Crippen LogP contribution in [0.4, 0.5) is 0 Å². The lowest BCUT2D eigenvalue weighted by molar-refractivity contribution is 1.16. The van der Waals surface area contributed by atoms with Crippen molar-refractivity contribution in [2.75, 3.05) is 0 Å². The minimum Gasteiger partial charge on any atom is -0.309 e. The van der Waals surface area contributed by atoms with Gasteiger partial charge in [-0.05, 0) is 128 Å². The largest absolute Gasteiger partial charge is 0.309 e. The normalized spacial score (nSPS) is 11.8. The summed E-state index contributed by atoms with van der Waals surface area (Å²) in [6, 6.07) is 83.9. The first-order chi connectivity index (χ1) is 35.4. The van der Waals surface area contributed by atoms with Crippen molar-refractivity contribution in [1.29, 1.82) is 0 Å². The number of rotatable bonds is 7. The summed E-state index contributed by atoms with van der Waals surface area (Å²) in [6.07, 6.45) is 0. The number of hydrogen-bond acceptors (Lipinski definition) is 2. The second kappa shape index (κ2) is 16.4. The maximum atomic E-state index is 5.19. The molecule has 0 spiro atoms. The zero-order valence-electron chi connectivity index (χ0n) is 40.2. The third-order valence-electron chi connectivity index (χ3n) is 14.7. The first-order valence-electron chi connectivity index (χ1n) is 24.7. The molecule has 10 aromatic carbocycles. The quantitative estimate of drug-likeness (QED) is 0.160. The van der Waals surface area contributed by atoms with E-state index in [1.807, 2.05) is 0 Å². The van der Waals surface area contributed by atoms with E-state index >= 15 is 0 Å². The van der Waals surface area contributed by atoms with Crippen LogP contribution in [0.5, 0.6) is 0 Å². The van der Waals surface area contributed by atoms with E-state index in [9.17, 15) is 0 Å². The summed E-state index contributed by atoms with van der Waals surface area (Å²) in [6.45, 7) is 6.42. The molecule has 72 heavy (non-hydrogen) atoms. The molecule has 0 saturated heterocycles. The molecule has 0 bridgehead atoms. The van der Waals surface area contributed by atoms with Crippen LogP contribution < -0.4 is 0 Å². The minimum atomic E-state index is 0.725. The van der Waals surface area contributed by atoms with Crippen molar-refractivity contribution in [3.63, 3.8) is 0 Å². The molecule has 0 amide bonds. The van der Waals surface area contributed by atoms with E-state index in [2.05, 4.69) is 265 Å². The van der Waals surface area contributed by atoms with Gasteiger partial charge >= 0.3 is 0 Å². The Morgan fingerprint density at radius 3 is 1.22 bits per heavy atom. The van der Waals surface area contributed by atoms with Gasteiger partial charge in [-0.15, -0.1) is 0 Å². The van der Waals surface area contributed by atoms with Gasteiger partial charge < -0.3 is 13.7 Å². The summed E-state index contributed by atoms with van der Waals surface area (Å²) >= 11 is 0. The van der Waals surface area contributed by atoms with E-state index in [0.717, 1.165) is 78.7 Å². The summed E-state index contributed by atoms with van der Waals surface area (Å²) in [7, 11) is 0. The van der Waals surface area contributed by atoms with Gasteiger partial charge in [0.1, 0.15) is 0 Å². The number of benzene rings is 10. The second-order valence-corrected chi connectivity index (χ2v) is 19.3. The fourth-order valence-corrected chi connectivity index (χ4v) is 11.3. The molecule has 5 nitrogen and oxygen atoms in total. The van der Waals surface area contributed by atoms with Crippen LogP contribution in [0.25, 0.3) is 128 Å². The Kier molecular flexibility index (Phi) is 9.48. The molecule has 0 fully saturated rings. The fraction of sp³-hybridized carbons (Fsp3) is 0.0448. The minimum absolute atomic E-state index is 0.725. The Bertz CT molecular complexity index is 4150. The van der Waals surface area contributed by atoms with Crippen molar-refractivity contribution >= 4 is 65.4 Å². The van der Waals surface area contributed by atoms with Gasteiger partial charge in [0.25, 0.3) is 0 Å². The van der Waals surface area contributed by atoms with E-state index in [-0.39, 0.29) is 0 Å². The van der Waals surface area contributed by atoms with Crippen LogP contribution in [0, 0.1) is 20.8 Å². The summed E-state index contributed by atoms with van der Waals surface area (Å²) < 4.78 is 7.27. The zero-order chi connectivity index (χ0) is 48.0. The van der Waals surface area contributed by atoms with Gasteiger partial charge in [-0.2, -0.15) is 0 Å². The molecule has 0 radical (unpaired) electrons. The SMILES string of the molecule is Cc1cccc(-c2cc(-c3ccc(-c4ccc(-n5c6ccc(-n7c8ccccc8c8ccccc87)cc6c6cc(-n7c8ccccc8c8ccccc87)ccc65)cc4)cc3C)nc(-c3cccc(C)c3)n2)c1. The predicted octanol–water partition coefficient (Wildman–Crippen LogP) is 17.4. The third-order valence-corrected chi connectivity index (χ3v) is 14.7. The van der Waals surface area contributed by atoms with Crippen molar-refractivity contribution in [3.05, 3.63) is 247 Å². The Morgan fingerprint density at radius 2 is 0.708 bits per heavy atom. The molecule has 4 heterocycles. The van der Waals surface area contributed by atoms with Gasteiger partial charge in [-0.1, -0.05) is 151 Å². The van der Waals surface area contributed by atoms with E-state index in [1.165, 1.54) is 65.5 Å². The number of aryl methyl sites for hydroxylation is 3. The van der Waals surface area contributed by atoms with Gasteiger partial charge in [0, 0.05) is 66.1 Å². The Labute approximate surface area is 417 Å². The zero-order valence-corrected chi connectivity index (χ0v) is 40.2. The lowest BCUT2D eigenvalue weighted by Crippen LogP contribution is -1.98. The molecule has 0 N–H and O–H groups in total. The van der Waals surface area contributed by atoms with E-state index in [0.29, 0.717) is 0 Å². The molecular weight excluding hydrogens is 875 g/mol. The van der Waals surface area contributed by atoms with Crippen LogP contribution in [-0.2, 0) is 0 Å². The average molecular weight is 922 g/mol. The van der Waals surface area contributed by atoms with Gasteiger partial charge in [0.2, 0.25) is 0 Å². The van der Waals surface area contributed by atoms with E-state index in [1.54, 1.807) is 0 Å². The summed E-state index contributed by atoms with van der Waals surface area (Å²) in [5, 5.41) is 7.40. The van der Waals surface area contributed by atoms with Crippen molar-refractivity contribution in [2.45, 2.75) is 20.8 Å². The van der Waals surface area contributed by atoms with Gasteiger partial charge in [-0.3, -0.25) is 0 Å². The average Bonchev–Trinajstić information content (AvgIpc) is 4.06. The monoisotopic (exact) mass is 921 g/mol.